The number of hydrogen-bond acceptors (Lipinski definition) is 3. The van der Waals surface area contributed by atoms with E-state index in [-0.39, 0.29) is 5.69 Å². The second kappa shape index (κ2) is 6.53. The molecule has 4 nitrogen and oxygen atoms in total. The number of nitrogens with one attached hydrogen (secondary N) is 1. The SMILES string of the molecule is CC(Sc1cccc[n+]1[O-])C(=O)Nc1cc(F)ccc1F. The monoisotopic (exact) mass is 310 g/mol. The number of carbonyl (C=O) groups excluding carboxylic acids is 1. The predicted molar refractivity (Wildman–Crippen MR) is 75.7 cm³/mol. The zero-order chi connectivity index (χ0) is 15.4. The Hall–Kier alpha value is -2.15. The molecule has 1 heterocycles. The molecule has 1 unspecified atom stereocenters. The average molecular weight is 310 g/mol. The maximum Gasteiger partial charge on any atom is 0.252 e. The molecule has 1 aromatic heterocycles. The number of aromatic nitrogens is 1. The van der Waals surface area contributed by atoms with Gasteiger partial charge < -0.3 is 10.5 Å². The highest BCUT2D eigenvalue weighted by molar-refractivity contribution is 8.00. The molecule has 1 atom stereocenters. The van der Waals surface area contributed by atoms with Crippen molar-refractivity contribution in [3.63, 3.8) is 0 Å². The minimum atomic E-state index is -0.722. The van der Waals surface area contributed by atoms with Gasteiger partial charge in [-0.2, -0.15) is 4.73 Å². The van der Waals surface area contributed by atoms with Gasteiger partial charge in [-0.15, -0.1) is 0 Å². The summed E-state index contributed by atoms with van der Waals surface area (Å²) in [5.41, 5.74) is -0.226. The molecule has 2 aromatic rings. The van der Waals surface area contributed by atoms with E-state index in [9.17, 15) is 18.8 Å². The van der Waals surface area contributed by atoms with Gasteiger partial charge in [0.05, 0.1) is 10.9 Å². The predicted octanol–water partition coefficient (Wildman–Crippen LogP) is 2.72. The van der Waals surface area contributed by atoms with Crippen LogP contribution in [0.1, 0.15) is 6.92 Å². The minimum absolute atomic E-state index is 0.226. The van der Waals surface area contributed by atoms with E-state index in [1.807, 2.05) is 0 Å². The molecule has 0 aliphatic rings. The number of amides is 1. The van der Waals surface area contributed by atoms with Gasteiger partial charge in [-0.1, -0.05) is 0 Å². The molecule has 21 heavy (non-hydrogen) atoms. The van der Waals surface area contributed by atoms with Crippen LogP contribution in [0.3, 0.4) is 0 Å². The first-order valence-corrected chi connectivity index (χ1v) is 6.96. The van der Waals surface area contributed by atoms with E-state index in [2.05, 4.69) is 5.32 Å². The second-order valence-electron chi connectivity index (χ2n) is 4.24. The Kier molecular flexibility index (Phi) is 4.74. The standard InChI is InChI=1S/C14H12F2N2O2S/c1-9(21-13-4-2-3-7-18(13)20)14(19)17-12-8-10(15)5-6-11(12)16/h2-9H,1H3,(H,17,19). The summed E-state index contributed by atoms with van der Waals surface area (Å²) in [5.74, 6) is -1.89. The lowest BCUT2D eigenvalue weighted by molar-refractivity contribution is -0.645. The van der Waals surface area contributed by atoms with Crippen LogP contribution in [0.25, 0.3) is 0 Å². The van der Waals surface area contributed by atoms with Gasteiger partial charge in [0.2, 0.25) is 5.91 Å². The van der Waals surface area contributed by atoms with Crippen LogP contribution in [-0.4, -0.2) is 11.2 Å². The Balaban J connectivity index is 2.06. The Morgan fingerprint density at radius 1 is 1.33 bits per heavy atom. The topological polar surface area (TPSA) is 56.0 Å². The van der Waals surface area contributed by atoms with Crippen LogP contribution < -0.4 is 10.0 Å². The van der Waals surface area contributed by atoms with E-state index in [4.69, 9.17) is 0 Å². The highest BCUT2D eigenvalue weighted by Gasteiger charge is 2.19. The summed E-state index contributed by atoms with van der Waals surface area (Å²) in [6.07, 6.45) is 1.32. The van der Waals surface area contributed by atoms with Crippen LogP contribution in [0.2, 0.25) is 0 Å². The van der Waals surface area contributed by atoms with E-state index in [1.165, 1.54) is 6.20 Å². The summed E-state index contributed by atoms with van der Waals surface area (Å²) in [7, 11) is 0. The van der Waals surface area contributed by atoms with E-state index < -0.39 is 22.8 Å². The first-order valence-electron chi connectivity index (χ1n) is 6.08. The molecule has 7 heteroatoms. The van der Waals surface area contributed by atoms with Crippen molar-refractivity contribution in [2.24, 2.45) is 0 Å². The molecule has 0 aliphatic heterocycles. The third-order valence-electron chi connectivity index (χ3n) is 2.64. The molecule has 0 fully saturated rings. The van der Waals surface area contributed by atoms with E-state index >= 15 is 0 Å². The molecule has 1 amide bonds. The van der Waals surface area contributed by atoms with Crippen LogP contribution in [0.15, 0.2) is 47.6 Å². The minimum Gasteiger partial charge on any atom is -0.618 e. The average Bonchev–Trinajstić information content (AvgIpc) is 2.45. The van der Waals surface area contributed by atoms with Crippen molar-refractivity contribution in [2.75, 3.05) is 5.32 Å². The number of carbonyl (C=O) groups is 1. The smallest absolute Gasteiger partial charge is 0.252 e. The fourth-order valence-electron chi connectivity index (χ4n) is 1.57. The number of halogens is 2. The summed E-state index contributed by atoms with van der Waals surface area (Å²) in [6, 6.07) is 7.63. The van der Waals surface area contributed by atoms with Crippen molar-refractivity contribution in [1.29, 1.82) is 0 Å². The Labute approximate surface area is 124 Å². The molecule has 2 rings (SSSR count). The summed E-state index contributed by atoms with van der Waals surface area (Å²) in [6.45, 7) is 1.57. The number of pyridine rings is 1. The van der Waals surface area contributed by atoms with Gasteiger partial charge in [-0.3, -0.25) is 4.79 Å². The number of rotatable bonds is 4. The number of hydrogen-bond donors (Lipinski definition) is 1. The lowest BCUT2D eigenvalue weighted by Crippen LogP contribution is -2.30. The maximum absolute atomic E-state index is 13.4. The maximum atomic E-state index is 13.4. The van der Waals surface area contributed by atoms with Crippen molar-refractivity contribution in [3.8, 4) is 0 Å². The molecule has 0 bridgehead atoms. The van der Waals surface area contributed by atoms with Crippen molar-refractivity contribution in [3.05, 3.63) is 59.4 Å². The zero-order valence-corrected chi connectivity index (χ0v) is 11.9. The lowest BCUT2D eigenvalue weighted by atomic mass is 10.3. The Morgan fingerprint density at radius 3 is 2.81 bits per heavy atom. The molecule has 0 saturated heterocycles. The highest BCUT2D eigenvalue weighted by atomic mass is 32.2. The van der Waals surface area contributed by atoms with E-state index in [0.29, 0.717) is 9.76 Å². The van der Waals surface area contributed by atoms with Gasteiger partial charge in [0.1, 0.15) is 11.6 Å². The fourth-order valence-corrected chi connectivity index (χ4v) is 2.42. The number of thioether (sulfide) groups is 1. The first kappa shape index (κ1) is 15.2. The van der Waals surface area contributed by atoms with Gasteiger partial charge in [0.25, 0.3) is 5.03 Å². The summed E-state index contributed by atoms with van der Waals surface area (Å²) < 4.78 is 27.1. The van der Waals surface area contributed by atoms with Crippen molar-refractivity contribution < 1.29 is 18.3 Å². The van der Waals surface area contributed by atoms with Crippen molar-refractivity contribution in [2.45, 2.75) is 17.2 Å². The van der Waals surface area contributed by atoms with Gasteiger partial charge in [0, 0.05) is 18.2 Å². The van der Waals surface area contributed by atoms with Gasteiger partial charge in [-0.25, -0.2) is 8.78 Å². The first-order chi connectivity index (χ1) is 9.97. The number of benzene rings is 1. The van der Waals surface area contributed by atoms with Crippen LogP contribution >= 0.6 is 11.8 Å². The molecule has 110 valence electrons. The zero-order valence-electron chi connectivity index (χ0n) is 11.0. The summed E-state index contributed by atoms with van der Waals surface area (Å²) in [5, 5.41) is 13.5. The van der Waals surface area contributed by atoms with Crippen molar-refractivity contribution >= 4 is 23.4 Å². The number of nitrogens with zero attached hydrogens (tertiary/aromatic N) is 1. The summed E-state index contributed by atoms with van der Waals surface area (Å²) >= 11 is 1.03. The fraction of sp³-hybridized carbons (Fsp3) is 0.143. The third-order valence-corrected chi connectivity index (χ3v) is 3.77. The normalized spacial score (nSPS) is 12.0. The quantitative estimate of drug-likeness (QED) is 0.537. The molecule has 0 aliphatic carbocycles. The van der Waals surface area contributed by atoms with Crippen LogP contribution in [0, 0.1) is 16.8 Å². The molecule has 1 aromatic carbocycles. The highest BCUT2D eigenvalue weighted by Crippen LogP contribution is 2.22. The molecule has 0 spiro atoms. The third kappa shape index (κ3) is 3.91. The number of anilines is 1. The van der Waals surface area contributed by atoms with Crippen LogP contribution in [0.5, 0.6) is 0 Å². The molecule has 0 saturated carbocycles. The van der Waals surface area contributed by atoms with Crippen molar-refractivity contribution in [1.82, 2.24) is 0 Å². The van der Waals surface area contributed by atoms with E-state index in [0.717, 1.165) is 30.0 Å². The van der Waals surface area contributed by atoms with E-state index in [1.54, 1.807) is 25.1 Å². The van der Waals surface area contributed by atoms with Gasteiger partial charge in [0.15, 0.2) is 6.20 Å². The van der Waals surface area contributed by atoms with Gasteiger partial charge in [-0.05, 0) is 36.9 Å². The van der Waals surface area contributed by atoms with Crippen LogP contribution in [-0.2, 0) is 4.79 Å². The molecule has 1 N–H and O–H groups in total. The lowest BCUT2D eigenvalue weighted by Gasteiger charge is -2.12. The van der Waals surface area contributed by atoms with Gasteiger partial charge >= 0.3 is 0 Å². The summed E-state index contributed by atoms with van der Waals surface area (Å²) in [4.78, 5) is 12.0. The second-order valence-corrected chi connectivity index (χ2v) is 5.60. The molecular weight excluding hydrogens is 298 g/mol. The van der Waals surface area contributed by atoms with Crippen LogP contribution in [0.4, 0.5) is 14.5 Å². The molecular formula is C14H12F2N2O2S. The Morgan fingerprint density at radius 2 is 2.10 bits per heavy atom. The largest absolute Gasteiger partial charge is 0.618 e. The molecule has 0 radical (unpaired) electrons. The Bertz CT molecular complexity index is 667.